The minimum atomic E-state index is -0.0348. The van der Waals surface area contributed by atoms with Gasteiger partial charge in [-0.25, -0.2) is 9.97 Å². The first-order valence-corrected chi connectivity index (χ1v) is 5.74. The number of hydrogen-bond donors (Lipinski definition) is 0. The first kappa shape index (κ1) is 11.1. The van der Waals surface area contributed by atoms with Gasteiger partial charge in [0.15, 0.2) is 0 Å². The summed E-state index contributed by atoms with van der Waals surface area (Å²) in [5.74, 6) is 0.561. The van der Waals surface area contributed by atoms with Crippen LogP contribution in [0.4, 0.5) is 0 Å². The normalized spacial score (nSPS) is 12.1. The van der Waals surface area contributed by atoms with Crippen molar-refractivity contribution in [3.05, 3.63) is 52.9 Å². The Kier molecular flexibility index (Phi) is 3.51. The van der Waals surface area contributed by atoms with Crippen LogP contribution in [-0.4, -0.2) is 9.97 Å². The van der Waals surface area contributed by atoms with Crippen LogP contribution in [-0.2, 0) is 0 Å². The average Bonchev–Trinajstić information content (AvgIpc) is 2.33. The van der Waals surface area contributed by atoms with Crippen molar-refractivity contribution in [1.29, 1.82) is 0 Å². The lowest BCUT2D eigenvalue weighted by Crippen LogP contribution is -2.04. The molecule has 0 saturated heterocycles. The van der Waals surface area contributed by atoms with Crippen LogP contribution in [0.5, 0.6) is 5.88 Å². The Balaban J connectivity index is 2.14. The van der Waals surface area contributed by atoms with Gasteiger partial charge in [-0.15, -0.1) is 0 Å². The van der Waals surface area contributed by atoms with Crippen molar-refractivity contribution in [3.8, 4) is 5.88 Å². The zero-order chi connectivity index (χ0) is 11.4. The van der Waals surface area contributed by atoms with Crippen LogP contribution in [0.3, 0.4) is 0 Å². The Hall–Kier alpha value is -1.42. The first-order valence-electron chi connectivity index (χ1n) is 4.94. The Labute approximate surface area is 103 Å². The molecule has 1 aromatic heterocycles. The third-order valence-electron chi connectivity index (χ3n) is 2.19. The third-order valence-corrected chi connectivity index (χ3v) is 2.74. The zero-order valence-corrected chi connectivity index (χ0v) is 10.4. The van der Waals surface area contributed by atoms with Crippen molar-refractivity contribution >= 4 is 15.9 Å². The summed E-state index contributed by atoms with van der Waals surface area (Å²) in [5.41, 5.74) is 1.12. The van der Waals surface area contributed by atoms with E-state index in [0.29, 0.717) is 5.88 Å². The Bertz CT molecular complexity index is 462. The van der Waals surface area contributed by atoms with Gasteiger partial charge in [-0.05, 0) is 28.4 Å². The number of ether oxygens (including phenoxy) is 1. The van der Waals surface area contributed by atoms with Gasteiger partial charge >= 0.3 is 0 Å². The summed E-state index contributed by atoms with van der Waals surface area (Å²) in [5, 5.41) is 0. The van der Waals surface area contributed by atoms with Gasteiger partial charge in [0.25, 0.3) is 0 Å². The summed E-state index contributed by atoms with van der Waals surface area (Å²) in [4.78, 5) is 7.95. The van der Waals surface area contributed by atoms with Crippen LogP contribution < -0.4 is 4.74 Å². The summed E-state index contributed by atoms with van der Waals surface area (Å²) in [6.45, 7) is 1.99. The zero-order valence-electron chi connectivity index (χ0n) is 8.80. The summed E-state index contributed by atoms with van der Waals surface area (Å²) < 4.78 is 6.50. The molecule has 0 aliphatic carbocycles. The molecular formula is C12H11BrN2O. The summed E-state index contributed by atoms with van der Waals surface area (Å²) in [6, 6.07) is 10.0. The first-order chi connectivity index (χ1) is 7.77. The van der Waals surface area contributed by atoms with E-state index in [1.54, 1.807) is 6.20 Å². The molecule has 0 fully saturated rings. The van der Waals surface area contributed by atoms with Crippen LogP contribution in [0.2, 0.25) is 0 Å². The Morgan fingerprint density at radius 3 is 2.69 bits per heavy atom. The van der Waals surface area contributed by atoms with E-state index in [-0.39, 0.29) is 6.10 Å². The fourth-order valence-electron chi connectivity index (χ4n) is 1.35. The molecule has 1 atom stereocenters. The lowest BCUT2D eigenvalue weighted by molar-refractivity contribution is 0.215. The van der Waals surface area contributed by atoms with Gasteiger partial charge in [-0.3, -0.25) is 0 Å². The van der Waals surface area contributed by atoms with E-state index < -0.39 is 0 Å². The monoisotopic (exact) mass is 278 g/mol. The van der Waals surface area contributed by atoms with Gasteiger partial charge in [0.2, 0.25) is 5.88 Å². The SMILES string of the molecule is CC(Oc1ncncc1Br)c1ccccc1. The smallest absolute Gasteiger partial charge is 0.231 e. The fraction of sp³-hybridized carbons (Fsp3) is 0.167. The van der Waals surface area contributed by atoms with Gasteiger partial charge in [-0.1, -0.05) is 30.3 Å². The van der Waals surface area contributed by atoms with Gasteiger partial charge in [0.1, 0.15) is 12.4 Å². The van der Waals surface area contributed by atoms with Crippen LogP contribution in [0, 0.1) is 0 Å². The van der Waals surface area contributed by atoms with Crippen molar-refractivity contribution in [2.75, 3.05) is 0 Å². The molecular weight excluding hydrogens is 268 g/mol. The highest BCUT2D eigenvalue weighted by Gasteiger charge is 2.09. The van der Waals surface area contributed by atoms with Crippen LogP contribution in [0.15, 0.2) is 47.3 Å². The minimum absolute atomic E-state index is 0.0348. The predicted octanol–water partition coefficient (Wildman–Crippen LogP) is 3.38. The van der Waals surface area contributed by atoms with E-state index in [9.17, 15) is 0 Å². The van der Waals surface area contributed by atoms with Crippen molar-refractivity contribution in [1.82, 2.24) is 9.97 Å². The maximum Gasteiger partial charge on any atom is 0.231 e. The number of hydrogen-bond acceptors (Lipinski definition) is 3. The van der Waals surface area contributed by atoms with Crippen molar-refractivity contribution in [3.63, 3.8) is 0 Å². The summed E-state index contributed by atoms with van der Waals surface area (Å²) in [6.07, 6.45) is 3.10. The molecule has 1 heterocycles. The minimum Gasteiger partial charge on any atom is -0.469 e. The number of benzene rings is 1. The molecule has 0 radical (unpaired) electrons. The second-order valence-electron chi connectivity index (χ2n) is 3.35. The van der Waals surface area contributed by atoms with Gasteiger partial charge in [0, 0.05) is 6.20 Å². The van der Waals surface area contributed by atoms with Crippen LogP contribution in [0.25, 0.3) is 0 Å². The molecule has 2 aromatic rings. The lowest BCUT2D eigenvalue weighted by Gasteiger charge is -2.14. The van der Waals surface area contributed by atoms with Crippen molar-refractivity contribution in [2.45, 2.75) is 13.0 Å². The lowest BCUT2D eigenvalue weighted by atomic mass is 10.1. The number of rotatable bonds is 3. The Morgan fingerprint density at radius 2 is 2.00 bits per heavy atom. The van der Waals surface area contributed by atoms with E-state index in [0.717, 1.165) is 10.0 Å². The number of aromatic nitrogens is 2. The van der Waals surface area contributed by atoms with E-state index in [1.165, 1.54) is 6.33 Å². The molecule has 4 heteroatoms. The molecule has 0 aliphatic rings. The van der Waals surface area contributed by atoms with Crippen LogP contribution in [0.1, 0.15) is 18.6 Å². The molecule has 0 saturated carbocycles. The second-order valence-corrected chi connectivity index (χ2v) is 4.20. The molecule has 1 unspecified atom stereocenters. The molecule has 0 amide bonds. The summed E-state index contributed by atoms with van der Waals surface area (Å²) in [7, 11) is 0. The van der Waals surface area contributed by atoms with Crippen molar-refractivity contribution < 1.29 is 4.74 Å². The number of halogens is 1. The Morgan fingerprint density at radius 1 is 1.25 bits per heavy atom. The van der Waals surface area contributed by atoms with Gasteiger partial charge < -0.3 is 4.74 Å². The molecule has 3 nitrogen and oxygen atoms in total. The van der Waals surface area contributed by atoms with E-state index in [2.05, 4.69) is 25.9 Å². The van der Waals surface area contributed by atoms with E-state index in [1.807, 2.05) is 37.3 Å². The molecule has 16 heavy (non-hydrogen) atoms. The third kappa shape index (κ3) is 2.58. The van der Waals surface area contributed by atoms with Gasteiger partial charge in [0.05, 0.1) is 4.47 Å². The average molecular weight is 279 g/mol. The molecule has 1 aromatic carbocycles. The molecule has 2 rings (SSSR count). The quantitative estimate of drug-likeness (QED) is 0.864. The second kappa shape index (κ2) is 5.07. The fourth-order valence-corrected chi connectivity index (χ4v) is 1.66. The van der Waals surface area contributed by atoms with Crippen molar-refractivity contribution in [2.24, 2.45) is 0 Å². The van der Waals surface area contributed by atoms with E-state index >= 15 is 0 Å². The summed E-state index contributed by atoms with van der Waals surface area (Å²) >= 11 is 3.35. The van der Waals surface area contributed by atoms with Gasteiger partial charge in [-0.2, -0.15) is 0 Å². The highest BCUT2D eigenvalue weighted by molar-refractivity contribution is 9.10. The standard InChI is InChI=1S/C12H11BrN2O/c1-9(10-5-3-2-4-6-10)16-12-11(13)7-14-8-15-12/h2-9H,1H3. The topological polar surface area (TPSA) is 35.0 Å². The maximum atomic E-state index is 5.73. The molecule has 0 spiro atoms. The highest BCUT2D eigenvalue weighted by atomic mass is 79.9. The highest BCUT2D eigenvalue weighted by Crippen LogP contribution is 2.25. The van der Waals surface area contributed by atoms with Crippen LogP contribution >= 0.6 is 15.9 Å². The van der Waals surface area contributed by atoms with E-state index in [4.69, 9.17) is 4.74 Å². The number of nitrogens with zero attached hydrogens (tertiary/aromatic N) is 2. The predicted molar refractivity (Wildman–Crippen MR) is 65.2 cm³/mol. The molecule has 82 valence electrons. The molecule has 0 N–H and O–H groups in total. The largest absolute Gasteiger partial charge is 0.469 e. The molecule has 0 bridgehead atoms. The molecule has 0 aliphatic heterocycles. The maximum absolute atomic E-state index is 5.73.